The highest BCUT2D eigenvalue weighted by Gasteiger charge is 2.08. The topological polar surface area (TPSA) is 38.5 Å². The lowest BCUT2D eigenvalue weighted by Crippen LogP contribution is -2.28. The van der Waals surface area contributed by atoms with Crippen LogP contribution < -0.4 is 10.5 Å². The molecule has 0 radical (unpaired) electrons. The molecule has 0 saturated carbocycles. The van der Waals surface area contributed by atoms with E-state index in [9.17, 15) is 8.78 Å². The first-order chi connectivity index (χ1) is 10.7. The van der Waals surface area contributed by atoms with Crippen LogP contribution in [0.2, 0.25) is 0 Å². The van der Waals surface area contributed by atoms with Crippen LogP contribution in [0, 0.1) is 0 Å². The Morgan fingerprint density at radius 1 is 0.913 bits per heavy atom. The maximum absolute atomic E-state index is 12.1. The fourth-order valence-electron chi connectivity index (χ4n) is 2.27. The minimum atomic E-state index is -2.79. The van der Waals surface area contributed by atoms with Crippen molar-refractivity contribution in [2.75, 3.05) is 13.1 Å². The number of nitrogens with two attached hydrogens (primary N) is 1. The Morgan fingerprint density at radius 3 is 2.00 bits per heavy atom. The number of hydrogen-bond acceptors (Lipinski definition) is 3. The van der Waals surface area contributed by atoms with Gasteiger partial charge in [-0.15, -0.1) is 12.4 Å². The summed E-state index contributed by atoms with van der Waals surface area (Å²) in [5.41, 5.74) is 7.92. The van der Waals surface area contributed by atoms with Crippen LogP contribution in [-0.2, 0) is 13.1 Å². The van der Waals surface area contributed by atoms with Gasteiger partial charge in [-0.1, -0.05) is 42.5 Å². The second kappa shape index (κ2) is 10.2. The Labute approximate surface area is 141 Å². The fourth-order valence-corrected chi connectivity index (χ4v) is 2.27. The zero-order valence-electron chi connectivity index (χ0n) is 12.7. The highest BCUT2D eigenvalue weighted by molar-refractivity contribution is 5.85. The van der Waals surface area contributed by atoms with E-state index < -0.39 is 6.61 Å². The number of hydrogen-bond donors (Lipinski definition) is 1. The Kier molecular flexibility index (Phi) is 8.55. The molecule has 0 atom stereocenters. The van der Waals surface area contributed by atoms with Gasteiger partial charge in [0.1, 0.15) is 5.75 Å². The molecule has 0 aliphatic rings. The molecule has 0 aliphatic heterocycles. The molecule has 0 aromatic heterocycles. The lowest BCUT2D eigenvalue weighted by Gasteiger charge is -2.22. The van der Waals surface area contributed by atoms with Gasteiger partial charge < -0.3 is 10.5 Å². The summed E-state index contributed by atoms with van der Waals surface area (Å²) in [5, 5.41) is 0. The SMILES string of the molecule is Cl.NCCN(Cc1ccccc1)Cc1ccc(OC(F)F)cc1. The van der Waals surface area contributed by atoms with Crippen LogP contribution in [0.25, 0.3) is 0 Å². The molecule has 23 heavy (non-hydrogen) atoms. The minimum absolute atomic E-state index is 0. The Hall–Kier alpha value is -1.69. The zero-order valence-corrected chi connectivity index (χ0v) is 13.5. The van der Waals surface area contributed by atoms with E-state index in [0.29, 0.717) is 13.1 Å². The number of alkyl halides is 2. The molecule has 126 valence electrons. The normalized spacial score (nSPS) is 10.7. The third kappa shape index (κ3) is 6.95. The minimum Gasteiger partial charge on any atom is -0.435 e. The molecule has 2 N–H and O–H groups in total. The fraction of sp³-hybridized carbons (Fsp3) is 0.294. The number of rotatable bonds is 8. The molecule has 0 aliphatic carbocycles. The maximum Gasteiger partial charge on any atom is 0.387 e. The molecule has 0 spiro atoms. The maximum atomic E-state index is 12.1. The predicted octanol–water partition coefficient (Wildman–Crippen LogP) is 3.67. The van der Waals surface area contributed by atoms with Crippen molar-refractivity contribution in [3.8, 4) is 5.75 Å². The summed E-state index contributed by atoms with van der Waals surface area (Å²) in [6.45, 7) is 0.0514. The molecule has 0 heterocycles. The van der Waals surface area contributed by atoms with E-state index in [1.54, 1.807) is 24.3 Å². The van der Waals surface area contributed by atoms with Crippen molar-refractivity contribution in [3.63, 3.8) is 0 Å². The summed E-state index contributed by atoms with van der Waals surface area (Å²) in [7, 11) is 0. The molecule has 0 amide bonds. The van der Waals surface area contributed by atoms with Crippen LogP contribution in [0.15, 0.2) is 54.6 Å². The second-order valence-corrected chi connectivity index (χ2v) is 5.01. The van der Waals surface area contributed by atoms with E-state index in [4.69, 9.17) is 5.73 Å². The van der Waals surface area contributed by atoms with Crippen LogP contribution in [0.4, 0.5) is 8.78 Å². The smallest absolute Gasteiger partial charge is 0.387 e. The molecule has 0 saturated heterocycles. The largest absolute Gasteiger partial charge is 0.435 e. The van der Waals surface area contributed by atoms with E-state index in [0.717, 1.165) is 18.7 Å². The number of nitrogens with zero attached hydrogens (tertiary/aromatic N) is 1. The number of benzene rings is 2. The summed E-state index contributed by atoms with van der Waals surface area (Å²) in [5.74, 6) is 0.173. The first-order valence-corrected chi connectivity index (χ1v) is 7.17. The average Bonchev–Trinajstić information content (AvgIpc) is 2.50. The molecular weight excluding hydrogens is 322 g/mol. The standard InChI is InChI=1S/C17H20F2N2O.ClH/c18-17(19)22-16-8-6-15(7-9-16)13-21(11-10-20)12-14-4-2-1-3-5-14;/h1-9,17H,10-13,20H2;1H. The van der Waals surface area contributed by atoms with Gasteiger partial charge in [0.25, 0.3) is 0 Å². The van der Waals surface area contributed by atoms with Crippen LogP contribution in [0.1, 0.15) is 11.1 Å². The van der Waals surface area contributed by atoms with Crippen molar-refractivity contribution >= 4 is 12.4 Å². The summed E-state index contributed by atoms with van der Waals surface area (Å²) in [4.78, 5) is 2.22. The summed E-state index contributed by atoms with van der Waals surface area (Å²) in [6.07, 6.45) is 0. The van der Waals surface area contributed by atoms with Gasteiger partial charge in [-0.25, -0.2) is 0 Å². The lowest BCUT2D eigenvalue weighted by molar-refractivity contribution is -0.0498. The molecule has 2 aromatic carbocycles. The molecule has 0 fully saturated rings. The molecule has 6 heteroatoms. The van der Waals surface area contributed by atoms with Gasteiger partial charge in [0.2, 0.25) is 0 Å². The molecule has 0 unspecified atom stereocenters. The van der Waals surface area contributed by atoms with Crippen LogP contribution in [0.3, 0.4) is 0 Å². The molecular formula is C17H21ClF2N2O. The quantitative estimate of drug-likeness (QED) is 0.795. The predicted molar refractivity (Wildman–Crippen MR) is 89.9 cm³/mol. The van der Waals surface area contributed by atoms with E-state index in [1.807, 2.05) is 18.2 Å². The van der Waals surface area contributed by atoms with E-state index in [-0.39, 0.29) is 18.2 Å². The second-order valence-electron chi connectivity index (χ2n) is 5.01. The van der Waals surface area contributed by atoms with Crippen LogP contribution in [-0.4, -0.2) is 24.6 Å². The summed E-state index contributed by atoms with van der Waals surface area (Å²) in [6, 6.07) is 16.9. The van der Waals surface area contributed by atoms with Gasteiger partial charge in [0, 0.05) is 26.2 Å². The van der Waals surface area contributed by atoms with Crippen molar-refractivity contribution in [3.05, 3.63) is 65.7 Å². The van der Waals surface area contributed by atoms with E-state index in [2.05, 4.69) is 21.8 Å². The molecule has 0 bridgehead atoms. The highest BCUT2D eigenvalue weighted by Crippen LogP contribution is 2.16. The Bertz CT molecular complexity index is 552. The third-order valence-electron chi connectivity index (χ3n) is 3.25. The van der Waals surface area contributed by atoms with Gasteiger partial charge in [-0.3, -0.25) is 4.90 Å². The van der Waals surface area contributed by atoms with Gasteiger partial charge in [0.15, 0.2) is 0 Å². The molecule has 2 rings (SSSR count). The van der Waals surface area contributed by atoms with Gasteiger partial charge in [-0.2, -0.15) is 8.78 Å². The third-order valence-corrected chi connectivity index (χ3v) is 3.25. The lowest BCUT2D eigenvalue weighted by atomic mass is 10.1. The van der Waals surface area contributed by atoms with E-state index in [1.165, 1.54) is 5.56 Å². The van der Waals surface area contributed by atoms with Crippen molar-refractivity contribution in [2.45, 2.75) is 19.7 Å². The first kappa shape index (κ1) is 19.4. The number of ether oxygens (including phenoxy) is 1. The van der Waals surface area contributed by atoms with Crippen LogP contribution >= 0.6 is 12.4 Å². The summed E-state index contributed by atoms with van der Waals surface area (Å²) >= 11 is 0. The molecule has 2 aromatic rings. The Morgan fingerprint density at radius 2 is 1.48 bits per heavy atom. The van der Waals surface area contributed by atoms with Gasteiger partial charge in [-0.05, 0) is 23.3 Å². The van der Waals surface area contributed by atoms with Crippen molar-refractivity contribution in [1.82, 2.24) is 4.90 Å². The van der Waals surface area contributed by atoms with Gasteiger partial charge >= 0.3 is 6.61 Å². The average molecular weight is 343 g/mol. The van der Waals surface area contributed by atoms with Crippen molar-refractivity contribution in [2.24, 2.45) is 5.73 Å². The van der Waals surface area contributed by atoms with Gasteiger partial charge in [0.05, 0.1) is 0 Å². The Balaban J connectivity index is 0.00000264. The van der Waals surface area contributed by atoms with Crippen molar-refractivity contribution < 1.29 is 13.5 Å². The summed E-state index contributed by atoms with van der Waals surface area (Å²) < 4.78 is 28.6. The molecule has 3 nitrogen and oxygen atoms in total. The monoisotopic (exact) mass is 342 g/mol. The zero-order chi connectivity index (χ0) is 15.8. The van der Waals surface area contributed by atoms with E-state index >= 15 is 0 Å². The van der Waals surface area contributed by atoms with Crippen molar-refractivity contribution in [1.29, 1.82) is 0 Å². The van der Waals surface area contributed by atoms with Crippen LogP contribution in [0.5, 0.6) is 5.75 Å². The number of halogens is 3. The highest BCUT2D eigenvalue weighted by atomic mass is 35.5. The first-order valence-electron chi connectivity index (χ1n) is 7.17.